The fraction of sp³-hybridized carbons (Fsp3) is 0.677. The van der Waals surface area contributed by atoms with E-state index in [9.17, 15) is 35.1 Å². The minimum Gasteiger partial charge on any atom is -0.445 e. The van der Waals surface area contributed by atoms with Crippen LogP contribution in [-0.4, -0.2) is 92.5 Å². The van der Waals surface area contributed by atoms with Crippen LogP contribution in [0.25, 0.3) is 0 Å². The van der Waals surface area contributed by atoms with Crippen LogP contribution in [0, 0.1) is 22.7 Å². The Morgan fingerprint density at radius 2 is 1.83 bits per heavy atom. The van der Waals surface area contributed by atoms with Gasteiger partial charge in [-0.15, -0.1) is 0 Å². The summed E-state index contributed by atoms with van der Waals surface area (Å²) in [6.07, 6.45) is -6.78. The molecule has 6 N–H and O–H groups in total. The minimum absolute atomic E-state index is 0.0306. The number of carbonyl (C=O) groups excluding carboxylic acids is 2. The quantitative estimate of drug-likeness (QED) is 0.209. The van der Waals surface area contributed by atoms with Crippen molar-refractivity contribution in [2.75, 3.05) is 13.2 Å². The second kappa shape index (κ2) is 10.7. The smallest absolute Gasteiger partial charge is 0.407 e. The van der Waals surface area contributed by atoms with Crippen molar-refractivity contribution in [2.24, 2.45) is 22.7 Å². The Morgan fingerprint density at radius 1 is 1.17 bits per heavy atom. The zero-order chi connectivity index (χ0) is 30.8. The van der Waals surface area contributed by atoms with E-state index >= 15 is 0 Å². The van der Waals surface area contributed by atoms with Crippen LogP contribution in [0.5, 0.6) is 0 Å². The number of alkyl carbamates (subject to hydrolysis) is 1. The van der Waals surface area contributed by atoms with E-state index in [0.717, 1.165) is 5.56 Å². The molecule has 1 aliphatic heterocycles. The zero-order valence-electron chi connectivity index (χ0n) is 24.7. The molecular weight excluding hydrogens is 546 g/mol. The molecule has 3 aliphatic carbocycles. The predicted molar refractivity (Wildman–Crippen MR) is 149 cm³/mol. The van der Waals surface area contributed by atoms with Gasteiger partial charge in [-0.3, -0.25) is 4.79 Å². The monoisotopic (exact) mass is 589 g/mol. The molecule has 10 atom stereocenters. The summed E-state index contributed by atoms with van der Waals surface area (Å²) in [5.74, 6) is -2.35. The molecule has 1 heterocycles. The zero-order valence-corrected chi connectivity index (χ0v) is 24.7. The Bertz CT molecular complexity index is 1250. The second-order valence-corrected chi connectivity index (χ2v) is 13.2. The first-order valence-electron chi connectivity index (χ1n) is 14.5. The van der Waals surface area contributed by atoms with E-state index in [4.69, 9.17) is 14.2 Å². The molecule has 2 saturated carbocycles. The molecule has 232 valence electrons. The third-order valence-electron chi connectivity index (χ3n) is 10.8. The second-order valence-electron chi connectivity index (χ2n) is 13.2. The molecule has 1 aromatic carbocycles. The van der Waals surface area contributed by atoms with Crippen LogP contribution < -0.4 is 5.32 Å². The molecule has 0 spiro atoms. The Kier molecular flexibility index (Phi) is 7.88. The number of ether oxygens (including phenoxy) is 3. The summed E-state index contributed by atoms with van der Waals surface area (Å²) in [6.45, 7) is 8.17. The van der Waals surface area contributed by atoms with Crippen molar-refractivity contribution in [3.63, 3.8) is 0 Å². The van der Waals surface area contributed by atoms with E-state index in [1.807, 2.05) is 30.3 Å². The maximum atomic E-state index is 14.1. The van der Waals surface area contributed by atoms with Crippen molar-refractivity contribution >= 4 is 11.9 Å². The maximum Gasteiger partial charge on any atom is 0.407 e. The Morgan fingerprint density at radius 3 is 2.45 bits per heavy atom. The summed E-state index contributed by atoms with van der Waals surface area (Å²) in [7, 11) is 0. The molecule has 1 saturated heterocycles. The number of aliphatic hydroxyl groups is 5. The summed E-state index contributed by atoms with van der Waals surface area (Å²) in [6, 6.07) is 9.12. The topological polar surface area (TPSA) is 175 Å². The predicted octanol–water partition coefficient (Wildman–Crippen LogP) is 1.19. The van der Waals surface area contributed by atoms with Crippen molar-refractivity contribution in [3.8, 4) is 0 Å². The van der Waals surface area contributed by atoms with Crippen molar-refractivity contribution in [1.82, 2.24) is 5.32 Å². The lowest BCUT2D eigenvalue weighted by atomic mass is 9.43. The van der Waals surface area contributed by atoms with Crippen molar-refractivity contribution in [1.29, 1.82) is 0 Å². The molecule has 0 radical (unpaired) electrons. The van der Waals surface area contributed by atoms with Crippen LogP contribution >= 0.6 is 0 Å². The lowest BCUT2D eigenvalue weighted by Gasteiger charge is -2.67. The van der Waals surface area contributed by atoms with Gasteiger partial charge in [0.25, 0.3) is 0 Å². The van der Waals surface area contributed by atoms with E-state index in [1.165, 1.54) is 0 Å². The average Bonchev–Trinajstić information content (AvgIpc) is 2.94. The first kappa shape index (κ1) is 31.1. The number of ketones is 1. The number of carbonyl (C=O) groups is 2. The van der Waals surface area contributed by atoms with Gasteiger partial charge in [-0.25, -0.2) is 4.79 Å². The van der Waals surface area contributed by atoms with Gasteiger partial charge >= 0.3 is 6.09 Å². The summed E-state index contributed by atoms with van der Waals surface area (Å²) < 4.78 is 16.7. The minimum atomic E-state index is -1.70. The van der Waals surface area contributed by atoms with Gasteiger partial charge in [-0.1, -0.05) is 51.1 Å². The lowest BCUT2D eigenvalue weighted by molar-refractivity contribution is -0.336. The molecule has 3 fully saturated rings. The average molecular weight is 590 g/mol. The summed E-state index contributed by atoms with van der Waals surface area (Å²) in [5, 5.41) is 60.3. The fourth-order valence-corrected chi connectivity index (χ4v) is 8.32. The number of amides is 1. The van der Waals surface area contributed by atoms with Crippen LogP contribution in [0.15, 0.2) is 41.5 Å². The molecule has 5 rings (SSSR count). The van der Waals surface area contributed by atoms with Crippen molar-refractivity contribution in [2.45, 2.75) is 96.0 Å². The lowest BCUT2D eigenvalue weighted by Crippen LogP contribution is -2.78. The third-order valence-corrected chi connectivity index (χ3v) is 10.8. The van der Waals surface area contributed by atoms with Gasteiger partial charge in [0.15, 0.2) is 12.1 Å². The van der Waals surface area contributed by atoms with Crippen molar-refractivity contribution in [3.05, 3.63) is 47.0 Å². The molecule has 1 aromatic rings. The molecule has 8 unspecified atom stereocenters. The number of hydrogen-bond acceptors (Lipinski definition) is 10. The molecule has 11 heteroatoms. The van der Waals surface area contributed by atoms with E-state index in [1.54, 1.807) is 34.6 Å². The van der Waals surface area contributed by atoms with Crippen LogP contribution in [-0.2, 0) is 25.6 Å². The van der Waals surface area contributed by atoms with Gasteiger partial charge in [0, 0.05) is 24.2 Å². The SMILES string of the molecule is CC1=C2C(O)C(=O)[C@]3(C)C(O)CC4OC[C@@]4(O)C3C(C)C(O)(CC1OC(O)CNC(=O)OCc1ccccc1)C2(C)C. The highest BCUT2D eigenvalue weighted by atomic mass is 16.6. The van der Waals surface area contributed by atoms with Crippen LogP contribution in [0.3, 0.4) is 0 Å². The third kappa shape index (κ3) is 4.52. The van der Waals surface area contributed by atoms with E-state index in [-0.39, 0.29) is 38.2 Å². The van der Waals surface area contributed by atoms with Gasteiger partial charge in [0.1, 0.15) is 18.3 Å². The summed E-state index contributed by atoms with van der Waals surface area (Å²) in [4.78, 5) is 26.3. The first-order chi connectivity index (χ1) is 19.6. The molecule has 11 nitrogen and oxygen atoms in total. The Balaban J connectivity index is 1.40. The fourth-order valence-electron chi connectivity index (χ4n) is 8.32. The highest BCUT2D eigenvalue weighted by molar-refractivity contribution is 5.93. The maximum absolute atomic E-state index is 14.1. The molecular formula is C31H43NO10. The van der Waals surface area contributed by atoms with Gasteiger partial charge in [0.05, 0.1) is 42.5 Å². The number of fused-ring (bicyclic) bond motifs is 5. The van der Waals surface area contributed by atoms with Crippen LogP contribution in [0.4, 0.5) is 4.79 Å². The Hall–Kier alpha value is -2.38. The number of nitrogens with one attached hydrogen (secondary N) is 1. The molecule has 1 amide bonds. The summed E-state index contributed by atoms with van der Waals surface area (Å²) >= 11 is 0. The number of benzene rings is 1. The van der Waals surface area contributed by atoms with Gasteiger partial charge < -0.3 is 45.1 Å². The van der Waals surface area contributed by atoms with Gasteiger partial charge in [-0.2, -0.15) is 0 Å². The van der Waals surface area contributed by atoms with Crippen molar-refractivity contribution < 1.29 is 49.3 Å². The Labute approximate surface area is 245 Å². The number of hydrogen-bond donors (Lipinski definition) is 6. The molecule has 2 bridgehead atoms. The molecule has 0 aromatic heterocycles. The normalized spacial score (nSPS) is 41.4. The van der Waals surface area contributed by atoms with E-state index in [2.05, 4.69) is 5.32 Å². The number of aliphatic hydroxyl groups excluding tert-OH is 3. The van der Waals surface area contributed by atoms with Gasteiger partial charge in [0.2, 0.25) is 0 Å². The van der Waals surface area contributed by atoms with Crippen LogP contribution in [0.2, 0.25) is 0 Å². The highest BCUT2D eigenvalue weighted by Gasteiger charge is 2.74. The van der Waals surface area contributed by atoms with E-state index < -0.39 is 76.5 Å². The van der Waals surface area contributed by atoms with Gasteiger partial charge in [-0.05, 0) is 36.5 Å². The number of Topliss-reactive ketones (excluding diaryl/α,β-unsaturated/α-hetero) is 1. The molecule has 42 heavy (non-hydrogen) atoms. The first-order valence-corrected chi connectivity index (χ1v) is 14.5. The number of rotatable bonds is 6. The standard InChI is InChI=1S/C31H43NO10/c1-16-19(42-22(34)13-32-27(37)40-14-18-9-7-6-8-10-18)12-31(39)17(2)25-29(5,20(33)11-21-30(25,38)15-41-21)26(36)24(35)23(16)28(31,3)4/h6-10,17,19-22,24-25,33-35,38-39H,11-15H2,1-5H3,(H,32,37)/t17?,19?,20?,21?,22?,24?,25?,29-,30+,31?/m1/s1. The van der Waals surface area contributed by atoms with Crippen LogP contribution in [0.1, 0.15) is 53.0 Å². The van der Waals surface area contributed by atoms with E-state index in [0.29, 0.717) is 5.57 Å². The largest absolute Gasteiger partial charge is 0.445 e. The highest BCUT2D eigenvalue weighted by Crippen LogP contribution is 2.64. The molecule has 4 aliphatic rings. The summed E-state index contributed by atoms with van der Waals surface area (Å²) in [5.41, 5.74) is -4.30.